The predicted molar refractivity (Wildman–Crippen MR) is 107 cm³/mol. The minimum atomic E-state index is -0.377. The zero-order valence-electron chi connectivity index (χ0n) is 16.9. The molecule has 3 atom stereocenters. The Morgan fingerprint density at radius 1 is 1.04 bits per heavy atom. The van der Waals surface area contributed by atoms with Crippen LogP contribution in [0.15, 0.2) is 0 Å². The number of hydrogen-bond acceptors (Lipinski definition) is 4. The number of carbonyl (C=O) groups is 1. The molecule has 0 aromatic rings. The molecule has 2 unspecified atom stereocenters. The molecule has 0 aliphatic carbocycles. The number of terminal acetylenes is 1. The van der Waals surface area contributed by atoms with Gasteiger partial charge in [-0.2, -0.15) is 0 Å². The van der Waals surface area contributed by atoms with Crippen LogP contribution < -0.4 is 0 Å². The Balaban J connectivity index is 3.63. The van der Waals surface area contributed by atoms with Crippen molar-refractivity contribution < 1.29 is 19.7 Å². The third kappa shape index (κ3) is 16.4. The third-order valence-electron chi connectivity index (χ3n) is 4.92. The van der Waals surface area contributed by atoms with Gasteiger partial charge in [-0.25, -0.2) is 0 Å². The van der Waals surface area contributed by atoms with Gasteiger partial charge in [-0.3, -0.25) is 4.79 Å². The molecule has 0 fully saturated rings. The molecule has 26 heavy (non-hydrogen) atoms. The minimum Gasteiger partial charge on any atom is -0.466 e. The Morgan fingerprint density at radius 3 is 2.27 bits per heavy atom. The number of ether oxygens (including phenoxy) is 1. The first kappa shape index (κ1) is 24.9. The summed E-state index contributed by atoms with van der Waals surface area (Å²) in [5.41, 5.74) is 0. The first-order valence-corrected chi connectivity index (χ1v) is 10.3. The van der Waals surface area contributed by atoms with E-state index in [4.69, 9.17) is 16.3 Å². The van der Waals surface area contributed by atoms with E-state index >= 15 is 0 Å². The second-order valence-electron chi connectivity index (χ2n) is 7.62. The minimum absolute atomic E-state index is 0.0369. The van der Waals surface area contributed by atoms with Crippen molar-refractivity contribution in [2.45, 2.75) is 97.0 Å². The fourth-order valence-corrected chi connectivity index (χ4v) is 3.29. The molecule has 0 amide bonds. The van der Waals surface area contributed by atoms with Gasteiger partial charge in [0.05, 0.1) is 12.7 Å². The van der Waals surface area contributed by atoms with Gasteiger partial charge in [0.25, 0.3) is 0 Å². The highest BCUT2D eigenvalue weighted by Gasteiger charge is 2.15. The van der Waals surface area contributed by atoms with E-state index in [0.717, 1.165) is 38.0 Å². The maximum atomic E-state index is 10.9. The summed E-state index contributed by atoms with van der Waals surface area (Å²) in [5, 5.41) is 19.2. The number of rotatable bonds is 17. The van der Waals surface area contributed by atoms with Crippen LogP contribution in [0.1, 0.15) is 90.9 Å². The van der Waals surface area contributed by atoms with Crippen LogP contribution in [-0.4, -0.2) is 35.5 Å². The lowest BCUT2D eigenvalue weighted by atomic mass is 9.95. The SMILES string of the molecule is C#CCCCC(C)CCCCCCC[C@H](O)CC(CCO)COC(C)=O. The average Bonchev–Trinajstić information content (AvgIpc) is 2.59. The number of unbranched alkanes of at least 4 members (excludes halogenated alkanes) is 5. The van der Waals surface area contributed by atoms with E-state index in [0.29, 0.717) is 12.8 Å². The van der Waals surface area contributed by atoms with Crippen LogP contribution >= 0.6 is 0 Å². The molecular formula is C22H40O4. The molecule has 0 saturated carbocycles. The highest BCUT2D eigenvalue weighted by atomic mass is 16.5. The summed E-state index contributed by atoms with van der Waals surface area (Å²) >= 11 is 0. The maximum Gasteiger partial charge on any atom is 0.302 e. The summed E-state index contributed by atoms with van der Waals surface area (Å²) in [4.78, 5) is 10.9. The molecule has 4 heteroatoms. The van der Waals surface area contributed by atoms with Crippen molar-refractivity contribution in [3.05, 3.63) is 0 Å². The highest BCUT2D eigenvalue weighted by molar-refractivity contribution is 5.65. The standard InChI is InChI=1S/C22H40O4/c1-4-5-9-12-19(2)13-10-7-6-8-11-14-22(25)17-21(15-16-23)18-26-20(3)24/h1,19,21-23,25H,5-18H2,2-3H3/t19?,21?,22-/m0/s1. The van der Waals surface area contributed by atoms with Crippen molar-refractivity contribution in [1.29, 1.82) is 0 Å². The molecule has 0 aromatic heterocycles. The molecular weight excluding hydrogens is 328 g/mol. The lowest BCUT2D eigenvalue weighted by Gasteiger charge is -2.19. The number of hydrogen-bond donors (Lipinski definition) is 2. The smallest absolute Gasteiger partial charge is 0.302 e. The third-order valence-corrected chi connectivity index (χ3v) is 4.92. The van der Waals surface area contributed by atoms with Crippen LogP contribution in [0.3, 0.4) is 0 Å². The summed E-state index contributed by atoms with van der Waals surface area (Å²) in [7, 11) is 0. The normalized spacial score (nSPS) is 14.4. The quantitative estimate of drug-likeness (QED) is 0.226. The van der Waals surface area contributed by atoms with Crippen LogP contribution in [0.25, 0.3) is 0 Å². The van der Waals surface area contributed by atoms with E-state index in [9.17, 15) is 9.90 Å². The van der Waals surface area contributed by atoms with Gasteiger partial charge in [0.1, 0.15) is 0 Å². The van der Waals surface area contributed by atoms with Crippen molar-refractivity contribution in [1.82, 2.24) is 0 Å². The first-order valence-electron chi connectivity index (χ1n) is 10.3. The molecule has 0 bridgehead atoms. The summed E-state index contributed by atoms with van der Waals surface area (Å²) < 4.78 is 5.01. The Kier molecular flexibility index (Phi) is 16.7. The molecule has 152 valence electrons. The molecule has 0 heterocycles. The molecule has 0 rings (SSSR count). The molecule has 0 aliphatic rings. The van der Waals surface area contributed by atoms with Crippen molar-refractivity contribution in [2.75, 3.05) is 13.2 Å². The van der Waals surface area contributed by atoms with Crippen LogP contribution in [0.5, 0.6) is 0 Å². The lowest BCUT2D eigenvalue weighted by molar-refractivity contribution is -0.142. The lowest BCUT2D eigenvalue weighted by Crippen LogP contribution is -2.20. The predicted octanol–water partition coefficient (Wildman–Crippen LogP) is 4.47. The Hall–Kier alpha value is -1.05. The van der Waals surface area contributed by atoms with Gasteiger partial charge >= 0.3 is 5.97 Å². The van der Waals surface area contributed by atoms with Gasteiger partial charge in [-0.05, 0) is 43.9 Å². The zero-order valence-corrected chi connectivity index (χ0v) is 16.9. The van der Waals surface area contributed by atoms with Crippen LogP contribution in [-0.2, 0) is 9.53 Å². The summed E-state index contributed by atoms with van der Waals surface area (Å²) in [6.45, 7) is 4.03. The zero-order chi connectivity index (χ0) is 19.6. The van der Waals surface area contributed by atoms with E-state index in [2.05, 4.69) is 12.8 Å². The second-order valence-corrected chi connectivity index (χ2v) is 7.62. The fourth-order valence-electron chi connectivity index (χ4n) is 3.29. The van der Waals surface area contributed by atoms with Crippen molar-refractivity contribution >= 4 is 5.97 Å². The van der Waals surface area contributed by atoms with Crippen LogP contribution in [0, 0.1) is 24.2 Å². The van der Waals surface area contributed by atoms with Gasteiger partial charge in [0.15, 0.2) is 0 Å². The molecule has 0 aromatic carbocycles. The fraction of sp³-hybridized carbons (Fsp3) is 0.864. The van der Waals surface area contributed by atoms with Crippen molar-refractivity contribution in [3.8, 4) is 12.3 Å². The number of carbonyl (C=O) groups excluding carboxylic acids is 1. The highest BCUT2D eigenvalue weighted by Crippen LogP contribution is 2.19. The summed E-state index contributed by atoms with van der Waals surface area (Å²) in [5.74, 6) is 3.19. The van der Waals surface area contributed by atoms with Crippen molar-refractivity contribution in [2.24, 2.45) is 11.8 Å². The van der Waals surface area contributed by atoms with E-state index in [-0.39, 0.29) is 31.2 Å². The monoisotopic (exact) mass is 368 g/mol. The first-order chi connectivity index (χ1) is 12.5. The molecule has 4 nitrogen and oxygen atoms in total. The number of aliphatic hydroxyl groups excluding tert-OH is 2. The van der Waals surface area contributed by atoms with Gasteiger partial charge < -0.3 is 14.9 Å². The van der Waals surface area contributed by atoms with Gasteiger partial charge in [-0.1, -0.05) is 45.4 Å². The van der Waals surface area contributed by atoms with Crippen LogP contribution in [0.4, 0.5) is 0 Å². The number of aliphatic hydroxyl groups is 2. The summed E-state index contributed by atoms with van der Waals surface area (Å²) in [6, 6.07) is 0. The van der Waals surface area contributed by atoms with Gasteiger partial charge in [-0.15, -0.1) is 12.3 Å². The van der Waals surface area contributed by atoms with E-state index < -0.39 is 0 Å². The van der Waals surface area contributed by atoms with Crippen molar-refractivity contribution in [3.63, 3.8) is 0 Å². The van der Waals surface area contributed by atoms with E-state index in [1.54, 1.807) is 0 Å². The number of esters is 1. The Bertz CT molecular complexity index is 375. The topological polar surface area (TPSA) is 66.8 Å². The van der Waals surface area contributed by atoms with E-state index in [1.165, 1.54) is 39.0 Å². The molecule has 2 N–H and O–H groups in total. The second kappa shape index (κ2) is 17.4. The Labute approximate surface area is 160 Å². The molecule has 0 radical (unpaired) electrons. The maximum absolute atomic E-state index is 10.9. The average molecular weight is 369 g/mol. The van der Waals surface area contributed by atoms with Gasteiger partial charge in [0.2, 0.25) is 0 Å². The summed E-state index contributed by atoms with van der Waals surface area (Å²) in [6.07, 6.45) is 17.3. The van der Waals surface area contributed by atoms with E-state index in [1.807, 2.05) is 0 Å². The Morgan fingerprint density at radius 2 is 1.65 bits per heavy atom. The molecule has 0 spiro atoms. The van der Waals surface area contributed by atoms with Gasteiger partial charge in [0, 0.05) is 20.0 Å². The molecule has 0 aliphatic heterocycles. The van der Waals surface area contributed by atoms with Crippen LogP contribution in [0.2, 0.25) is 0 Å². The largest absolute Gasteiger partial charge is 0.466 e. The molecule has 0 saturated heterocycles.